The predicted molar refractivity (Wildman–Crippen MR) is 282 cm³/mol. The van der Waals surface area contributed by atoms with Crippen LogP contribution in [0.15, 0.2) is 248 Å². The molecule has 2 aliphatic rings. The van der Waals surface area contributed by atoms with Gasteiger partial charge in [0.15, 0.2) is 0 Å². The molecule has 0 amide bonds. The normalized spacial score (nSPS) is 14.7. The van der Waals surface area contributed by atoms with Crippen LogP contribution < -0.4 is 9.80 Å². The predicted octanol–water partition coefficient (Wildman–Crippen LogP) is 17.8. The average molecular weight is 849 g/mol. The summed E-state index contributed by atoms with van der Waals surface area (Å²) in [4.78, 5) is 5.04. The molecule has 2 nitrogen and oxygen atoms in total. The Morgan fingerprint density at radius 1 is 0.424 bits per heavy atom. The van der Waals surface area contributed by atoms with E-state index in [9.17, 15) is 0 Å². The van der Waals surface area contributed by atoms with Gasteiger partial charge in [-0.25, -0.2) is 0 Å². The number of benzene rings is 9. The lowest BCUT2D eigenvalue weighted by Crippen LogP contribution is -2.22. The van der Waals surface area contributed by atoms with Crippen molar-refractivity contribution in [3.8, 4) is 22.3 Å². The van der Waals surface area contributed by atoms with Crippen LogP contribution in [0.1, 0.15) is 36.0 Å². The molecule has 0 saturated heterocycles. The molecule has 318 valence electrons. The molecule has 1 atom stereocenters. The van der Waals surface area contributed by atoms with Crippen LogP contribution in [0.4, 0.5) is 28.4 Å². The molecule has 1 unspecified atom stereocenters. The molecule has 0 N–H and O–H groups in total. The number of hydrogen-bond acceptors (Lipinski definition) is 2. The summed E-state index contributed by atoms with van der Waals surface area (Å²) in [6, 6.07) is 75.4. The zero-order valence-corrected chi connectivity index (χ0v) is 37.6. The standard InChI is InChI=1S/C64H52N2/c1-45-19-6-9-28-55(45)56-42-41-54(43-46(56)2)66(64-36-18-25-50-23-8-11-30-58(50)64)62-34-15-13-32-60(62)52-27-16-26-51(44-52)59-31-12-14-33-61(59)65(63-35-17-24-49-22-7-10-29-57(49)63)53-39-37-48(38-40-53)47-20-4-3-5-21-47/h3-14,16-26,28-33,35-44,52H,15,27,34H2,1-2H3. The van der Waals surface area contributed by atoms with Gasteiger partial charge < -0.3 is 9.80 Å². The summed E-state index contributed by atoms with van der Waals surface area (Å²) in [5.41, 5.74) is 18.5. The minimum atomic E-state index is 0.172. The molecule has 66 heavy (non-hydrogen) atoms. The van der Waals surface area contributed by atoms with Crippen LogP contribution in [0.5, 0.6) is 0 Å². The topological polar surface area (TPSA) is 6.48 Å². The van der Waals surface area contributed by atoms with Crippen molar-refractivity contribution in [2.24, 2.45) is 5.92 Å². The third-order valence-electron chi connectivity index (χ3n) is 13.5. The Balaban J connectivity index is 1.05. The van der Waals surface area contributed by atoms with Crippen LogP contribution in [-0.4, -0.2) is 0 Å². The van der Waals surface area contributed by atoms with Gasteiger partial charge in [0.25, 0.3) is 0 Å². The molecule has 0 heterocycles. The smallest absolute Gasteiger partial charge is 0.0540 e. The summed E-state index contributed by atoms with van der Waals surface area (Å²) in [7, 11) is 0. The first-order valence-electron chi connectivity index (χ1n) is 23.3. The number of rotatable bonds is 10. The van der Waals surface area contributed by atoms with E-state index in [2.05, 4.69) is 260 Å². The fourth-order valence-electron chi connectivity index (χ4n) is 10.3. The Bertz CT molecular complexity index is 3360. The van der Waals surface area contributed by atoms with Gasteiger partial charge in [0.2, 0.25) is 0 Å². The van der Waals surface area contributed by atoms with Crippen molar-refractivity contribution in [1.82, 2.24) is 0 Å². The highest BCUT2D eigenvalue weighted by molar-refractivity contribution is 6.01. The van der Waals surface area contributed by atoms with Crippen molar-refractivity contribution >= 4 is 55.6 Å². The molecule has 2 aliphatic carbocycles. The maximum absolute atomic E-state index is 2.58. The van der Waals surface area contributed by atoms with Gasteiger partial charge in [0.1, 0.15) is 0 Å². The van der Waals surface area contributed by atoms with Crippen LogP contribution in [0, 0.1) is 19.8 Å². The molecular weight excluding hydrogens is 797 g/mol. The zero-order valence-electron chi connectivity index (χ0n) is 37.6. The van der Waals surface area contributed by atoms with E-state index >= 15 is 0 Å². The highest BCUT2D eigenvalue weighted by Crippen LogP contribution is 2.46. The summed E-state index contributed by atoms with van der Waals surface area (Å²) in [6.07, 6.45) is 14.9. The second-order valence-electron chi connectivity index (χ2n) is 17.6. The molecule has 2 heteroatoms. The van der Waals surface area contributed by atoms with Gasteiger partial charge >= 0.3 is 0 Å². The number of aryl methyl sites for hydroxylation is 2. The van der Waals surface area contributed by atoms with Gasteiger partial charge in [0.05, 0.1) is 17.1 Å². The Labute approximate surface area is 389 Å². The van der Waals surface area contributed by atoms with Gasteiger partial charge in [-0.1, -0.05) is 194 Å². The number of para-hydroxylation sites is 1. The van der Waals surface area contributed by atoms with E-state index in [1.165, 1.54) is 88.7 Å². The second-order valence-corrected chi connectivity index (χ2v) is 17.6. The molecule has 0 fully saturated rings. The maximum atomic E-state index is 2.58. The highest BCUT2D eigenvalue weighted by Gasteiger charge is 2.27. The van der Waals surface area contributed by atoms with E-state index < -0.39 is 0 Å². The lowest BCUT2D eigenvalue weighted by atomic mass is 9.83. The molecule has 9 aromatic carbocycles. The summed E-state index contributed by atoms with van der Waals surface area (Å²) in [5.74, 6) is 0.172. The molecule has 0 aliphatic heterocycles. The maximum Gasteiger partial charge on any atom is 0.0540 e. The Morgan fingerprint density at radius 3 is 1.73 bits per heavy atom. The van der Waals surface area contributed by atoms with Crippen LogP contribution in [0.3, 0.4) is 0 Å². The van der Waals surface area contributed by atoms with E-state index in [4.69, 9.17) is 0 Å². The molecule has 0 saturated carbocycles. The van der Waals surface area contributed by atoms with E-state index in [1.807, 2.05) is 0 Å². The van der Waals surface area contributed by atoms with E-state index in [-0.39, 0.29) is 5.92 Å². The average Bonchev–Trinajstić information content (AvgIpc) is 3.38. The Hall–Kier alpha value is -7.94. The van der Waals surface area contributed by atoms with Gasteiger partial charge in [-0.3, -0.25) is 0 Å². The van der Waals surface area contributed by atoms with Crippen LogP contribution in [0.2, 0.25) is 0 Å². The van der Waals surface area contributed by atoms with Crippen LogP contribution in [0.25, 0.3) is 49.4 Å². The summed E-state index contributed by atoms with van der Waals surface area (Å²) < 4.78 is 0. The zero-order chi connectivity index (χ0) is 44.4. The Morgan fingerprint density at radius 2 is 1.00 bits per heavy atom. The quantitative estimate of drug-likeness (QED) is 0.135. The van der Waals surface area contributed by atoms with Crippen molar-refractivity contribution in [1.29, 1.82) is 0 Å². The third-order valence-corrected chi connectivity index (χ3v) is 13.5. The summed E-state index contributed by atoms with van der Waals surface area (Å²) in [6.45, 7) is 4.47. The van der Waals surface area contributed by atoms with Gasteiger partial charge in [0, 0.05) is 39.3 Å². The molecule has 0 aromatic heterocycles. The first-order chi connectivity index (χ1) is 32.6. The first kappa shape index (κ1) is 40.8. The SMILES string of the molecule is Cc1ccccc1-c1ccc(N(C2=C(C3C=C(c4ccccc4N(c4ccc(-c5ccccc5)cc4)c4cccc5ccccc45)C=CC3)C=CCC2)c2cccc3ccccc23)cc1C. The number of allylic oxidation sites excluding steroid dienone is 8. The van der Waals surface area contributed by atoms with Crippen LogP contribution in [-0.2, 0) is 0 Å². The van der Waals surface area contributed by atoms with Crippen molar-refractivity contribution in [2.75, 3.05) is 9.80 Å². The van der Waals surface area contributed by atoms with Crippen molar-refractivity contribution in [3.05, 3.63) is 265 Å². The van der Waals surface area contributed by atoms with Crippen molar-refractivity contribution in [3.63, 3.8) is 0 Å². The largest absolute Gasteiger partial charge is 0.313 e. The summed E-state index contributed by atoms with van der Waals surface area (Å²) in [5, 5.41) is 4.92. The van der Waals surface area contributed by atoms with Crippen LogP contribution >= 0.6 is 0 Å². The first-order valence-corrected chi connectivity index (χ1v) is 23.3. The van der Waals surface area contributed by atoms with E-state index in [1.54, 1.807) is 0 Å². The van der Waals surface area contributed by atoms with Gasteiger partial charge in [-0.15, -0.1) is 0 Å². The van der Waals surface area contributed by atoms with Crippen molar-refractivity contribution < 1.29 is 0 Å². The molecule has 0 bridgehead atoms. The highest BCUT2D eigenvalue weighted by atomic mass is 15.2. The van der Waals surface area contributed by atoms with E-state index in [0.717, 1.165) is 36.3 Å². The second kappa shape index (κ2) is 17.9. The molecule has 0 radical (unpaired) electrons. The number of anilines is 5. The lowest BCUT2D eigenvalue weighted by Gasteiger charge is -2.35. The number of fused-ring (bicyclic) bond motifs is 2. The monoisotopic (exact) mass is 848 g/mol. The third kappa shape index (κ3) is 7.75. The molecular formula is C64H52N2. The fraction of sp³-hybridized carbons (Fsp3) is 0.0938. The van der Waals surface area contributed by atoms with Gasteiger partial charge in [-0.05, 0) is 131 Å². The number of hydrogen-bond donors (Lipinski definition) is 0. The molecule has 11 rings (SSSR count). The van der Waals surface area contributed by atoms with E-state index in [0.29, 0.717) is 0 Å². The minimum absolute atomic E-state index is 0.172. The Kier molecular flexibility index (Phi) is 11.1. The fourth-order valence-corrected chi connectivity index (χ4v) is 10.3. The summed E-state index contributed by atoms with van der Waals surface area (Å²) >= 11 is 0. The molecule has 0 spiro atoms. The lowest BCUT2D eigenvalue weighted by molar-refractivity contribution is 0.746. The van der Waals surface area contributed by atoms with Gasteiger partial charge in [-0.2, -0.15) is 0 Å². The molecule has 9 aromatic rings. The number of nitrogens with zero attached hydrogens (tertiary/aromatic N) is 2. The minimum Gasteiger partial charge on any atom is -0.313 e. The van der Waals surface area contributed by atoms with Crippen molar-refractivity contribution in [2.45, 2.75) is 33.1 Å².